The van der Waals surface area contributed by atoms with Crippen molar-refractivity contribution >= 4 is 5.95 Å². The van der Waals surface area contributed by atoms with Gasteiger partial charge in [-0.2, -0.15) is 4.98 Å². The fraction of sp³-hybridized carbons (Fsp3) is 0.667. The molecular weight excluding hydrogens is 216 g/mol. The average molecular weight is 236 g/mol. The van der Waals surface area contributed by atoms with Crippen molar-refractivity contribution in [2.24, 2.45) is 0 Å². The zero-order valence-electron chi connectivity index (χ0n) is 10.7. The van der Waals surface area contributed by atoms with Crippen molar-refractivity contribution in [1.82, 2.24) is 15.3 Å². The lowest BCUT2D eigenvalue weighted by atomic mass is 10.0. The van der Waals surface area contributed by atoms with Crippen molar-refractivity contribution in [2.45, 2.75) is 26.3 Å². The Morgan fingerprint density at radius 2 is 2.35 bits per heavy atom. The van der Waals surface area contributed by atoms with E-state index in [1.807, 2.05) is 6.92 Å². The largest absolute Gasteiger partial charge is 0.478 e. The molecule has 1 N–H and O–H groups in total. The number of anilines is 1. The molecule has 0 bridgehead atoms. The molecule has 2 heterocycles. The summed E-state index contributed by atoms with van der Waals surface area (Å²) in [5.74, 6) is 1.40. The summed E-state index contributed by atoms with van der Waals surface area (Å²) in [5.41, 5.74) is 0.100. The van der Waals surface area contributed by atoms with Gasteiger partial charge < -0.3 is 15.0 Å². The smallest absolute Gasteiger partial charge is 0.228 e. The third kappa shape index (κ3) is 3.06. The number of hydrogen-bond acceptors (Lipinski definition) is 5. The van der Waals surface area contributed by atoms with Gasteiger partial charge in [0.2, 0.25) is 11.8 Å². The Morgan fingerprint density at radius 1 is 1.53 bits per heavy atom. The lowest BCUT2D eigenvalue weighted by molar-refractivity contribution is 0.323. The van der Waals surface area contributed by atoms with E-state index in [4.69, 9.17) is 4.74 Å². The molecule has 1 aliphatic rings. The molecule has 5 nitrogen and oxygen atoms in total. The van der Waals surface area contributed by atoms with Crippen LogP contribution in [0.5, 0.6) is 5.88 Å². The van der Waals surface area contributed by atoms with Crippen LogP contribution in [-0.4, -0.2) is 41.7 Å². The molecule has 1 saturated heterocycles. The Hall–Kier alpha value is -1.36. The minimum Gasteiger partial charge on any atom is -0.478 e. The number of aromatic nitrogens is 2. The van der Waals surface area contributed by atoms with Crippen LogP contribution in [0, 0.1) is 0 Å². The topological polar surface area (TPSA) is 50.3 Å². The Morgan fingerprint density at radius 3 is 3.06 bits per heavy atom. The average Bonchev–Trinajstić information content (AvgIpc) is 2.28. The first-order valence-corrected chi connectivity index (χ1v) is 6.06. The number of nitrogens with one attached hydrogen (secondary N) is 1. The van der Waals surface area contributed by atoms with E-state index in [0.29, 0.717) is 12.5 Å². The molecule has 1 aromatic rings. The van der Waals surface area contributed by atoms with E-state index in [2.05, 4.69) is 34.0 Å². The van der Waals surface area contributed by atoms with Gasteiger partial charge >= 0.3 is 0 Å². The van der Waals surface area contributed by atoms with E-state index in [1.165, 1.54) is 0 Å². The summed E-state index contributed by atoms with van der Waals surface area (Å²) in [4.78, 5) is 10.9. The van der Waals surface area contributed by atoms with E-state index in [1.54, 1.807) is 12.3 Å². The van der Waals surface area contributed by atoms with Gasteiger partial charge in [0.1, 0.15) is 0 Å². The number of piperazine rings is 1. The van der Waals surface area contributed by atoms with E-state index in [9.17, 15) is 0 Å². The van der Waals surface area contributed by atoms with E-state index < -0.39 is 0 Å². The lowest BCUT2D eigenvalue weighted by Gasteiger charge is -2.39. The van der Waals surface area contributed by atoms with Gasteiger partial charge in [0, 0.05) is 37.4 Å². The maximum absolute atomic E-state index is 5.40. The van der Waals surface area contributed by atoms with Crippen LogP contribution in [0.15, 0.2) is 12.3 Å². The number of hydrogen-bond donors (Lipinski definition) is 1. The molecule has 0 aliphatic carbocycles. The fourth-order valence-electron chi connectivity index (χ4n) is 2.03. The van der Waals surface area contributed by atoms with Crippen LogP contribution in [0.3, 0.4) is 0 Å². The van der Waals surface area contributed by atoms with Gasteiger partial charge in [-0.15, -0.1) is 0 Å². The van der Waals surface area contributed by atoms with Crippen LogP contribution in [0.2, 0.25) is 0 Å². The quantitative estimate of drug-likeness (QED) is 0.850. The Labute approximate surface area is 102 Å². The maximum atomic E-state index is 5.40. The molecule has 0 saturated carbocycles. The summed E-state index contributed by atoms with van der Waals surface area (Å²) in [5, 5.41) is 3.47. The second-order valence-corrected chi connectivity index (χ2v) is 4.86. The third-order valence-electron chi connectivity index (χ3n) is 2.76. The zero-order valence-corrected chi connectivity index (χ0v) is 10.7. The third-order valence-corrected chi connectivity index (χ3v) is 2.76. The normalized spacial score (nSPS) is 19.1. The Balaban J connectivity index is 2.13. The van der Waals surface area contributed by atoms with Crippen LogP contribution in [-0.2, 0) is 0 Å². The summed E-state index contributed by atoms with van der Waals surface area (Å²) in [6.45, 7) is 9.74. The van der Waals surface area contributed by atoms with Crippen LogP contribution in [0.25, 0.3) is 0 Å². The van der Waals surface area contributed by atoms with Crippen LogP contribution >= 0.6 is 0 Å². The van der Waals surface area contributed by atoms with E-state index >= 15 is 0 Å². The summed E-state index contributed by atoms with van der Waals surface area (Å²) in [7, 11) is 0. The molecule has 1 aliphatic heterocycles. The van der Waals surface area contributed by atoms with E-state index in [0.717, 1.165) is 25.6 Å². The van der Waals surface area contributed by atoms with Gasteiger partial charge in [-0.05, 0) is 20.8 Å². The molecule has 5 heteroatoms. The van der Waals surface area contributed by atoms with Gasteiger partial charge in [0.05, 0.1) is 6.61 Å². The van der Waals surface area contributed by atoms with Crippen LogP contribution in [0.1, 0.15) is 20.8 Å². The van der Waals surface area contributed by atoms with Crippen molar-refractivity contribution in [3.63, 3.8) is 0 Å². The van der Waals surface area contributed by atoms with Gasteiger partial charge in [-0.25, -0.2) is 4.98 Å². The molecule has 0 unspecified atom stereocenters. The second-order valence-electron chi connectivity index (χ2n) is 4.86. The highest BCUT2D eigenvalue weighted by molar-refractivity contribution is 5.33. The van der Waals surface area contributed by atoms with E-state index in [-0.39, 0.29) is 5.54 Å². The molecule has 1 aromatic heterocycles. The SMILES string of the molecule is CCOc1ccnc(N2CCNC(C)(C)C2)n1. The summed E-state index contributed by atoms with van der Waals surface area (Å²) >= 11 is 0. The molecule has 17 heavy (non-hydrogen) atoms. The van der Waals surface area contributed by atoms with Gasteiger partial charge in [0.25, 0.3) is 0 Å². The molecule has 1 fully saturated rings. The Bertz CT molecular complexity index is 381. The first-order valence-electron chi connectivity index (χ1n) is 6.06. The predicted octanol–water partition coefficient (Wildman–Crippen LogP) is 1.06. The van der Waals surface area contributed by atoms with Crippen LogP contribution < -0.4 is 15.0 Å². The van der Waals surface area contributed by atoms with Crippen molar-refractivity contribution in [2.75, 3.05) is 31.1 Å². The fourth-order valence-corrected chi connectivity index (χ4v) is 2.03. The maximum Gasteiger partial charge on any atom is 0.228 e. The van der Waals surface area contributed by atoms with Crippen molar-refractivity contribution in [3.8, 4) is 5.88 Å². The molecule has 2 rings (SSSR count). The highest BCUT2D eigenvalue weighted by Gasteiger charge is 2.27. The lowest BCUT2D eigenvalue weighted by Crippen LogP contribution is -2.57. The molecular formula is C12H20N4O. The van der Waals surface area contributed by atoms with Gasteiger partial charge in [-0.3, -0.25) is 0 Å². The highest BCUT2D eigenvalue weighted by atomic mass is 16.5. The summed E-state index contributed by atoms with van der Waals surface area (Å²) in [6, 6.07) is 1.79. The Kier molecular flexibility index (Phi) is 3.47. The van der Waals surface area contributed by atoms with Crippen molar-refractivity contribution in [3.05, 3.63) is 12.3 Å². The standard InChI is InChI=1S/C12H20N4O/c1-4-17-10-5-6-13-11(15-10)16-8-7-14-12(2,3)9-16/h5-6,14H,4,7-9H2,1-3H3. The zero-order chi connectivity index (χ0) is 12.3. The minimum atomic E-state index is 0.100. The first kappa shape index (κ1) is 12.1. The summed E-state index contributed by atoms with van der Waals surface area (Å²) < 4.78 is 5.40. The second kappa shape index (κ2) is 4.87. The predicted molar refractivity (Wildman–Crippen MR) is 67.5 cm³/mol. The monoisotopic (exact) mass is 236 g/mol. The summed E-state index contributed by atoms with van der Waals surface area (Å²) in [6.07, 6.45) is 1.75. The molecule has 0 aromatic carbocycles. The van der Waals surface area contributed by atoms with Crippen molar-refractivity contribution < 1.29 is 4.74 Å². The van der Waals surface area contributed by atoms with Gasteiger partial charge in [-0.1, -0.05) is 0 Å². The molecule has 0 amide bonds. The number of rotatable bonds is 3. The molecule has 0 atom stereocenters. The van der Waals surface area contributed by atoms with Crippen LogP contribution in [0.4, 0.5) is 5.95 Å². The first-order chi connectivity index (χ1) is 8.11. The molecule has 0 radical (unpaired) electrons. The van der Waals surface area contributed by atoms with Gasteiger partial charge in [0.15, 0.2) is 0 Å². The molecule has 94 valence electrons. The minimum absolute atomic E-state index is 0.100. The molecule has 0 spiro atoms. The number of ether oxygens (including phenoxy) is 1. The number of nitrogens with zero attached hydrogens (tertiary/aromatic N) is 3. The van der Waals surface area contributed by atoms with Crippen molar-refractivity contribution in [1.29, 1.82) is 0 Å². The highest BCUT2D eigenvalue weighted by Crippen LogP contribution is 2.17.